The lowest BCUT2D eigenvalue weighted by molar-refractivity contribution is -0.192. The number of aliphatic carboxylic acids is 1. The number of likely N-dealkylation sites (tertiary alicyclic amines) is 1. The van der Waals surface area contributed by atoms with Crippen molar-refractivity contribution in [1.82, 2.24) is 20.0 Å². The highest BCUT2D eigenvalue weighted by Crippen LogP contribution is 2.35. The topological polar surface area (TPSA) is 96.7 Å². The van der Waals surface area contributed by atoms with E-state index in [2.05, 4.69) is 15.3 Å². The molecule has 2 aliphatic heterocycles. The Morgan fingerprint density at radius 3 is 2.53 bits per heavy atom. The van der Waals surface area contributed by atoms with E-state index in [1.54, 1.807) is 0 Å². The van der Waals surface area contributed by atoms with Gasteiger partial charge in [0.2, 0.25) is 5.91 Å². The molecule has 0 aromatic carbocycles. The van der Waals surface area contributed by atoms with Gasteiger partial charge in [-0.1, -0.05) is 0 Å². The first-order chi connectivity index (χ1) is 14.1. The first-order valence-electron chi connectivity index (χ1n) is 10.1. The number of ether oxygens (including phenoxy) is 1. The number of nitrogens with one attached hydrogen (secondary N) is 1. The van der Waals surface area contributed by atoms with Crippen molar-refractivity contribution in [2.24, 2.45) is 18.9 Å². The standard InChI is InChI=1S/C17H26N4O2.C2HF3O2/c1-20-8-12(7-18-20)9-21-10-15(14-5-6-23-16(14)11-21)17(22)19-13-3-2-4-13;3-2(4,5)1(6)7/h7-8,13-16H,2-6,9-11H2,1H3,(H,19,22);(H,6,7)/t14-,15-,16+;/m0./s1. The van der Waals surface area contributed by atoms with Gasteiger partial charge in [-0.05, 0) is 25.7 Å². The molecule has 4 rings (SSSR count). The minimum atomic E-state index is -5.08. The second-order valence-electron chi connectivity index (χ2n) is 8.12. The lowest BCUT2D eigenvalue weighted by Gasteiger charge is -2.40. The van der Waals surface area contributed by atoms with Gasteiger partial charge < -0.3 is 15.2 Å². The normalized spacial score (nSPS) is 26.9. The number of hydrogen-bond donors (Lipinski definition) is 2. The average Bonchev–Trinajstić information content (AvgIpc) is 3.25. The maximum atomic E-state index is 12.7. The number of rotatable bonds is 4. The van der Waals surface area contributed by atoms with E-state index in [1.165, 1.54) is 12.0 Å². The van der Waals surface area contributed by atoms with Gasteiger partial charge in [0.1, 0.15) is 0 Å². The second kappa shape index (κ2) is 9.34. The zero-order chi connectivity index (χ0) is 21.9. The zero-order valence-electron chi connectivity index (χ0n) is 16.8. The van der Waals surface area contributed by atoms with E-state index >= 15 is 0 Å². The van der Waals surface area contributed by atoms with Crippen molar-refractivity contribution in [2.45, 2.75) is 50.6 Å². The molecule has 2 saturated heterocycles. The van der Waals surface area contributed by atoms with Crippen LogP contribution < -0.4 is 5.32 Å². The van der Waals surface area contributed by atoms with Gasteiger partial charge in [0, 0.05) is 57.0 Å². The van der Waals surface area contributed by atoms with Crippen LogP contribution in [-0.2, 0) is 27.9 Å². The number of fused-ring (bicyclic) bond motifs is 1. The van der Waals surface area contributed by atoms with E-state index < -0.39 is 12.1 Å². The first kappa shape index (κ1) is 22.5. The smallest absolute Gasteiger partial charge is 0.475 e. The third-order valence-corrected chi connectivity index (χ3v) is 5.87. The number of nitrogens with zero attached hydrogens (tertiary/aromatic N) is 3. The molecule has 30 heavy (non-hydrogen) atoms. The molecule has 11 heteroatoms. The predicted molar refractivity (Wildman–Crippen MR) is 99.3 cm³/mol. The van der Waals surface area contributed by atoms with Gasteiger partial charge in [-0.2, -0.15) is 18.3 Å². The average molecular weight is 432 g/mol. The maximum Gasteiger partial charge on any atom is 0.490 e. The second-order valence-corrected chi connectivity index (χ2v) is 8.12. The maximum absolute atomic E-state index is 12.7. The number of amides is 1. The molecule has 0 unspecified atom stereocenters. The highest BCUT2D eigenvalue weighted by Gasteiger charge is 2.44. The van der Waals surface area contributed by atoms with Gasteiger partial charge in [0.15, 0.2) is 0 Å². The van der Waals surface area contributed by atoms with E-state index in [9.17, 15) is 18.0 Å². The Balaban J connectivity index is 0.000000318. The Morgan fingerprint density at radius 2 is 2.00 bits per heavy atom. The molecule has 1 aromatic heterocycles. The molecule has 0 bridgehead atoms. The number of carboxylic acids is 1. The van der Waals surface area contributed by atoms with E-state index in [1.807, 2.05) is 24.1 Å². The highest BCUT2D eigenvalue weighted by atomic mass is 19.4. The number of carbonyl (C=O) groups excluding carboxylic acids is 1. The fourth-order valence-electron chi connectivity index (χ4n) is 4.13. The number of piperidine rings is 1. The molecule has 3 aliphatic rings. The summed E-state index contributed by atoms with van der Waals surface area (Å²) in [6, 6.07) is 0.414. The first-order valence-corrected chi connectivity index (χ1v) is 10.1. The molecule has 2 N–H and O–H groups in total. The molecule has 3 atom stereocenters. The van der Waals surface area contributed by atoms with Gasteiger partial charge in [0.25, 0.3) is 0 Å². The van der Waals surface area contributed by atoms with Gasteiger partial charge in [0.05, 0.1) is 18.2 Å². The molecule has 3 heterocycles. The number of aryl methyl sites for hydroxylation is 1. The number of hydrogen-bond acceptors (Lipinski definition) is 5. The lowest BCUT2D eigenvalue weighted by Crippen LogP contribution is -2.54. The fraction of sp³-hybridized carbons (Fsp3) is 0.737. The summed E-state index contributed by atoms with van der Waals surface area (Å²) >= 11 is 0. The summed E-state index contributed by atoms with van der Waals surface area (Å²) in [5.41, 5.74) is 1.20. The van der Waals surface area contributed by atoms with Crippen LogP contribution in [0.1, 0.15) is 31.2 Å². The van der Waals surface area contributed by atoms with E-state index in [0.717, 1.165) is 45.5 Å². The van der Waals surface area contributed by atoms with Crippen LogP contribution >= 0.6 is 0 Å². The molecule has 1 aromatic rings. The summed E-state index contributed by atoms with van der Waals surface area (Å²) in [6.45, 7) is 3.39. The van der Waals surface area contributed by atoms with Crippen LogP contribution in [0.3, 0.4) is 0 Å². The third kappa shape index (κ3) is 5.72. The Bertz CT molecular complexity index is 750. The van der Waals surface area contributed by atoms with Crippen molar-refractivity contribution >= 4 is 11.9 Å². The summed E-state index contributed by atoms with van der Waals surface area (Å²) < 4.78 is 39.5. The largest absolute Gasteiger partial charge is 0.490 e. The van der Waals surface area contributed by atoms with Gasteiger partial charge >= 0.3 is 12.1 Å². The molecule has 3 fully saturated rings. The minimum absolute atomic E-state index is 0.0634. The summed E-state index contributed by atoms with van der Waals surface area (Å²) in [7, 11) is 1.94. The van der Waals surface area contributed by atoms with Crippen molar-refractivity contribution in [3.63, 3.8) is 0 Å². The van der Waals surface area contributed by atoms with Crippen LogP contribution in [0.5, 0.6) is 0 Å². The zero-order valence-corrected chi connectivity index (χ0v) is 16.8. The molecule has 8 nitrogen and oxygen atoms in total. The third-order valence-electron chi connectivity index (χ3n) is 5.87. The minimum Gasteiger partial charge on any atom is -0.475 e. The Morgan fingerprint density at radius 1 is 1.30 bits per heavy atom. The SMILES string of the molecule is Cn1cc(CN2C[C@H](C(=O)NC3CCC3)[C@@H]3CCO[C@@H]3C2)cn1.O=C(O)C(F)(F)F. The van der Waals surface area contributed by atoms with Crippen molar-refractivity contribution in [3.8, 4) is 0 Å². The summed E-state index contributed by atoms with van der Waals surface area (Å²) in [6.07, 6.45) is 3.63. The van der Waals surface area contributed by atoms with Crippen LogP contribution in [0.4, 0.5) is 13.2 Å². The monoisotopic (exact) mass is 432 g/mol. The Hall–Kier alpha value is -2.14. The molecular formula is C19H27F3N4O4. The lowest BCUT2D eigenvalue weighted by atomic mass is 9.81. The van der Waals surface area contributed by atoms with Crippen molar-refractivity contribution in [2.75, 3.05) is 19.7 Å². The molecule has 1 saturated carbocycles. The van der Waals surface area contributed by atoms with Crippen molar-refractivity contribution in [1.29, 1.82) is 0 Å². The molecular weight excluding hydrogens is 405 g/mol. The number of carboxylic acid groups (broad SMARTS) is 1. The molecule has 0 radical (unpaired) electrons. The van der Waals surface area contributed by atoms with Crippen LogP contribution in [0, 0.1) is 11.8 Å². The van der Waals surface area contributed by atoms with Crippen molar-refractivity contribution in [3.05, 3.63) is 18.0 Å². The predicted octanol–water partition coefficient (Wildman–Crippen LogP) is 1.56. The molecule has 1 aliphatic carbocycles. The summed E-state index contributed by atoms with van der Waals surface area (Å²) in [5, 5.41) is 14.6. The summed E-state index contributed by atoms with van der Waals surface area (Å²) in [4.78, 5) is 24.0. The number of alkyl halides is 3. The number of halogens is 3. The van der Waals surface area contributed by atoms with Gasteiger partial charge in [-0.3, -0.25) is 14.4 Å². The van der Waals surface area contributed by atoms with Crippen LogP contribution in [0.15, 0.2) is 12.4 Å². The number of aromatic nitrogens is 2. The van der Waals surface area contributed by atoms with Crippen LogP contribution in [0.2, 0.25) is 0 Å². The Kier molecular flexibility index (Phi) is 7.02. The van der Waals surface area contributed by atoms with E-state index in [4.69, 9.17) is 14.6 Å². The molecule has 168 valence electrons. The van der Waals surface area contributed by atoms with Gasteiger partial charge in [-0.15, -0.1) is 0 Å². The quantitative estimate of drug-likeness (QED) is 0.750. The van der Waals surface area contributed by atoms with Crippen molar-refractivity contribution < 1.29 is 32.6 Å². The fourth-order valence-corrected chi connectivity index (χ4v) is 4.13. The van der Waals surface area contributed by atoms with Gasteiger partial charge in [-0.25, -0.2) is 4.79 Å². The van der Waals surface area contributed by atoms with Crippen LogP contribution in [-0.4, -0.2) is 69.7 Å². The number of carbonyl (C=O) groups is 2. The highest BCUT2D eigenvalue weighted by molar-refractivity contribution is 5.80. The van der Waals surface area contributed by atoms with E-state index in [0.29, 0.717) is 12.0 Å². The van der Waals surface area contributed by atoms with Crippen LogP contribution in [0.25, 0.3) is 0 Å². The summed E-state index contributed by atoms with van der Waals surface area (Å²) in [5.74, 6) is -2.06. The van der Waals surface area contributed by atoms with E-state index in [-0.39, 0.29) is 17.9 Å². The molecule has 0 spiro atoms. The molecule has 1 amide bonds. The Labute approximate surface area is 172 Å².